The van der Waals surface area contributed by atoms with Crippen molar-refractivity contribution in [2.24, 2.45) is 0 Å². The number of fused-ring (bicyclic) bond motifs is 1. The Kier molecular flexibility index (Phi) is 3.53. The lowest BCUT2D eigenvalue weighted by Gasteiger charge is -2.14. The molecule has 1 unspecified atom stereocenters. The molecule has 3 aromatic rings. The minimum Gasteiger partial charge on any atom is -0.484 e. The zero-order chi connectivity index (χ0) is 15.7. The molecule has 1 atom stereocenters. The SMILES string of the molecule is CC(Oc1ccc(S(C)(=O)=O)cc1)c1ccn2ncnc2n1. The smallest absolute Gasteiger partial charge is 0.252 e. The van der Waals surface area contributed by atoms with Crippen molar-refractivity contribution in [2.45, 2.75) is 17.9 Å². The van der Waals surface area contributed by atoms with Crippen molar-refractivity contribution in [3.05, 3.63) is 48.5 Å². The number of nitrogens with zero attached hydrogens (tertiary/aromatic N) is 4. The quantitative estimate of drug-likeness (QED) is 0.727. The molecule has 0 saturated heterocycles. The van der Waals surface area contributed by atoms with Gasteiger partial charge in [0.2, 0.25) is 0 Å². The normalized spacial score (nSPS) is 13.2. The molecular weight excluding hydrogens is 304 g/mol. The largest absolute Gasteiger partial charge is 0.484 e. The molecular formula is C14H14N4O3S. The highest BCUT2D eigenvalue weighted by Gasteiger charge is 2.12. The van der Waals surface area contributed by atoms with Crippen LogP contribution >= 0.6 is 0 Å². The number of hydrogen-bond donors (Lipinski definition) is 0. The Bertz CT molecular complexity index is 903. The van der Waals surface area contributed by atoms with E-state index in [-0.39, 0.29) is 11.0 Å². The van der Waals surface area contributed by atoms with E-state index >= 15 is 0 Å². The second-order valence-corrected chi connectivity index (χ2v) is 6.88. The maximum atomic E-state index is 11.4. The van der Waals surface area contributed by atoms with Crippen LogP contribution in [0.15, 0.2) is 47.8 Å². The molecule has 2 aromatic heterocycles. The van der Waals surface area contributed by atoms with Gasteiger partial charge in [-0.3, -0.25) is 0 Å². The first-order valence-electron chi connectivity index (χ1n) is 6.56. The molecule has 0 saturated carbocycles. The van der Waals surface area contributed by atoms with E-state index in [1.165, 1.54) is 24.7 Å². The predicted molar refractivity (Wildman–Crippen MR) is 79.4 cm³/mol. The maximum Gasteiger partial charge on any atom is 0.252 e. The van der Waals surface area contributed by atoms with Crippen LogP contribution in [0.25, 0.3) is 5.78 Å². The van der Waals surface area contributed by atoms with Crippen molar-refractivity contribution in [1.29, 1.82) is 0 Å². The van der Waals surface area contributed by atoms with E-state index in [2.05, 4.69) is 15.1 Å². The molecule has 2 heterocycles. The zero-order valence-corrected chi connectivity index (χ0v) is 12.9. The van der Waals surface area contributed by atoms with Gasteiger partial charge in [-0.2, -0.15) is 10.1 Å². The molecule has 3 rings (SSSR count). The van der Waals surface area contributed by atoms with Crippen LogP contribution in [0.3, 0.4) is 0 Å². The Morgan fingerprint density at radius 2 is 1.91 bits per heavy atom. The monoisotopic (exact) mass is 318 g/mol. The van der Waals surface area contributed by atoms with Crippen LogP contribution < -0.4 is 4.74 Å². The molecule has 0 radical (unpaired) electrons. The van der Waals surface area contributed by atoms with Crippen LogP contribution in [0.1, 0.15) is 18.7 Å². The third-order valence-electron chi connectivity index (χ3n) is 3.15. The fourth-order valence-corrected chi connectivity index (χ4v) is 2.62. The summed E-state index contributed by atoms with van der Waals surface area (Å²) in [5.41, 5.74) is 0.715. The van der Waals surface area contributed by atoms with Crippen LogP contribution in [-0.2, 0) is 9.84 Å². The lowest BCUT2D eigenvalue weighted by molar-refractivity contribution is 0.222. The van der Waals surface area contributed by atoms with Crippen molar-refractivity contribution in [3.63, 3.8) is 0 Å². The molecule has 114 valence electrons. The molecule has 0 aliphatic heterocycles. The highest BCUT2D eigenvalue weighted by atomic mass is 32.2. The van der Waals surface area contributed by atoms with E-state index in [0.29, 0.717) is 17.2 Å². The predicted octanol–water partition coefficient (Wildman–Crippen LogP) is 1.67. The summed E-state index contributed by atoms with van der Waals surface area (Å²) >= 11 is 0. The summed E-state index contributed by atoms with van der Waals surface area (Å²) in [4.78, 5) is 8.64. The van der Waals surface area contributed by atoms with Gasteiger partial charge in [-0.15, -0.1) is 0 Å². The van der Waals surface area contributed by atoms with Gasteiger partial charge in [0.15, 0.2) is 9.84 Å². The summed E-state index contributed by atoms with van der Waals surface area (Å²) in [6.45, 7) is 1.86. The van der Waals surface area contributed by atoms with Gasteiger partial charge < -0.3 is 4.74 Å². The van der Waals surface area contributed by atoms with Crippen LogP contribution in [0.2, 0.25) is 0 Å². The van der Waals surface area contributed by atoms with E-state index in [0.717, 1.165) is 0 Å². The van der Waals surface area contributed by atoms with Crippen LogP contribution in [0.5, 0.6) is 5.75 Å². The van der Waals surface area contributed by atoms with E-state index in [4.69, 9.17) is 4.74 Å². The van der Waals surface area contributed by atoms with Crippen molar-refractivity contribution in [2.75, 3.05) is 6.26 Å². The molecule has 0 aliphatic carbocycles. The van der Waals surface area contributed by atoms with Gasteiger partial charge in [-0.1, -0.05) is 0 Å². The average molecular weight is 318 g/mol. The lowest BCUT2D eigenvalue weighted by Crippen LogP contribution is -2.07. The van der Waals surface area contributed by atoms with Crippen molar-refractivity contribution >= 4 is 15.6 Å². The Balaban J connectivity index is 1.79. The van der Waals surface area contributed by atoms with Gasteiger partial charge >= 0.3 is 0 Å². The fraction of sp³-hybridized carbons (Fsp3) is 0.214. The highest BCUT2D eigenvalue weighted by Crippen LogP contribution is 2.22. The summed E-state index contributed by atoms with van der Waals surface area (Å²) in [5, 5.41) is 3.98. The van der Waals surface area contributed by atoms with E-state index in [1.807, 2.05) is 6.92 Å². The minimum atomic E-state index is -3.20. The molecule has 0 amide bonds. The van der Waals surface area contributed by atoms with Crippen LogP contribution in [-0.4, -0.2) is 34.3 Å². The number of aromatic nitrogens is 4. The van der Waals surface area contributed by atoms with Gasteiger partial charge in [-0.05, 0) is 37.3 Å². The lowest BCUT2D eigenvalue weighted by atomic mass is 10.2. The summed E-state index contributed by atoms with van der Waals surface area (Å²) in [6, 6.07) is 8.10. The Morgan fingerprint density at radius 1 is 1.18 bits per heavy atom. The number of sulfone groups is 1. The van der Waals surface area contributed by atoms with E-state index in [9.17, 15) is 8.42 Å². The Hall–Kier alpha value is -2.48. The number of rotatable bonds is 4. The molecule has 0 bridgehead atoms. The fourth-order valence-electron chi connectivity index (χ4n) is 1.99. The summed E-state index contributed by atoms with van der Waals surface area (Å²) in [5.74, 6) is 1.07. The zero-order valence-electron chi connectivity index (χ0n) is 12.0. The van der Waals surface area contributed by atoms with Gasteiger partial charge in [0.05, 0.1) is 10.6 Å². The standard InChI is InChI=1S/C14H14N4O3S/c1-10(13-7-8-18-14(17-13)15-9-16-18)21-11-3-5-12(6-4-11)22(2,19)20/h3-10H,1-2H3. The van der Waals surface area contributed by atoms with Gasteiger partial charge in [0.25, 0.3) is 5.78 Å². The second-order valence-electron chi connectivity index (χ2n) is 4.86. The molecule has 0 aliphatic rings. The molecule has 22 heavy (non-hydrogen) atoms. The topological polar surface area (TPSA) is 86.5 Å². The number of ether oxygens (including phenoxy) is 1. The Morgan fingerprint density at radius 3 is 2.59 bits per heavy atom. The number of hydrogen-bond acceptors (Lipinski definition) is 6. The highest BCUT2D eigenvalue weighted by molar-refractivity contribution is 7.90. The first kappa shape index (κ1) is 14.5. The molecule has 0 spiro atoms. The second kappa shape index (κ2) is 5.38. The molecule has 1 aromatic carbocycles. The minimum absolute atomic E-state index is 0.260. The molecule has 7 nitrogen and oxygen atoms in total. The molecule has 0 N–H and O–H groups in total. The van der Waals surface area contributed by atoms with Crippen molar-refractivity contribution in [1.82, 2.24) is 19.6 Å². The average Bonchev–Trinajstić information content (AvgIpc) is 2.94. The molecule has 8 heteroatoms. The maximum absolute atomic E-state index is 11.4. The van der Waals surface area contributed by atoms with Crippen LogP contribution in [0.4, 0.5) is 0 Å². The first-order chi connectivity index (χ1) is 10.4. The van der Waals surface area contributed by atoms with E-state index < -0.39 is 9.84 Å². The Labute approximate surface area is 127 Å². The molecule has 0 fully saturated rings. The van der Waals surface area contributed by atoms with E-state index in [1.54, 1.807) is 28.9 Å². The van der Waals surface area contributed by atoms with Gasteiger partial charge in [0, 0.05) is 12.5 Å². The van der Waals surface area contributed by atoms with Crippen molar-refractivity contribution < 1.29 is 13.2 Å². The summed E-state index contributed by atoms with van der Waals surface area (Å²) < 4.78 is 30.2. The summed E-state index contributed by atoms with van der Waals surface area (Å²) in [7, 11) is -3.20. The number of benzene rings is 1. The third kappa shape index (κ3) is 2.91. The van der Waals surface area contributed by atoms with Crippen LogP contribution in [0, 0.1) is 0 Å². The summed E-state index contributed by atoms with van der Waals surface area (Å²) in [6.07, 6.45) is 4.06. The van der Waals surface area contributed by atoms with Gasteiger partial charge in [0.1, 0.15) is 18.2 Å². The van der Waals surface area contributed by atoms with Gasteiger partial charge in [-0.25, -0.2) is 17.9 Å². The third-order valence-corrected chi connectivity index (χ3v) is 4.28. The first-order valence-corrected chi connectivity index (χ1v) is 8.46. The van der Waals surface area contributed by atoms with Crippen molar-refractivity contribution in [3.8, 4) is 5.75 Å².